The van der Waals surface area contributed by atoms with Gasteiger partial charge in [0.25, 0.3) is 0 Å². The minimum atomic E-state index is 0.531. The highest BCUT2D eigenvalue weighted by atomic mass is 35.5. The van der Waals surface area contributed by atoms with Gasteiger partial charge in [-0.05, 0) is 22.9 Å². The van der Waals surface area contributed by atoms with E-state index in [1.807, 2.05) is 0 Å². The molecule has 0 saturated carbocycles. The number of rotatable bonds is 1. The first-order valence-electron chi connectivity index (χ1n) is 4.94. The summed E-state index contributed by atoms with van der Waals surface area (Å²) < 4.78 is 0. The van der Waals surface area contributed by atoms with Crippen molar-refractivity contribution in [2.45, 2.75) is 5.88 Å². The van der Waals surface area contributed by atoms with Crippen molar-refractivity contribution in [3.05, 3.63) is 48.2 Å². The Morgan fingerprint density at radius 3 is 2.73 bits per heavy atom. The molecular weight excluding hydrogens is 206 g/mol. The van der Waals surface area contributed by atoms with E-state index in [4.69, 9.17) is 11.6 Å². The Balaban J connectivity index is 2.47. The van der Waals surface area contributed by atoms with Crippen molar-refractivity contribution in [1.29, 1.82) is 0 Å². The predicted molar refractivity (Wildman–Crippen MR) is 65.4 cm³/mol. The molecule has 1 aromatic heterocycles. The van der Waals surface area contributed by atoms with Crippen LogP contribution in [0.1, 0.15) is 5.69 Å². The van der Waals surface area contributed by atoms with Crippen molar-refractivity contribution >= 4 is 33.3 Å². The second kappa shape index (κ2) is 3.28. The van der Waals surface area contributed by atoms with Crippen LogP contribution in [0.15, 0.2) is 42.5 Å². The molecule has 0 amide bonds. The van der Waals surface area contributed by atoms with Gasteiger partial charge in [0.05, 0.1) is 5.88 Å². The van der Waals surface area contributed by atoms with Crippen molar-refractivity contribution in [2.24, 2.45) is 0 Å². The van der Waals surface area contributed by atoms with Crippen LogP contribution in [0, 0.1) is 0 Å². The first-order chi connectivity index (χ1) is 7.38. The molecule has 0 aliphatic rings. The summed E-state index contributed by atoms with van der Waals surface area (Å²) in [4.78, 5) is 3.31. The largest absolute Gasteiger partial charge is 0.357 e. The van der Waals surface area contributed by atoms with Crippen molar-refractivity contribution < 1.29 is 0 Å². The number of nitrogens with one attached hydrogen (secondary N) is 1. The summed E-state index contributed by atoms with van der Waals surface area (Å²) >= 11 is 5.82. The summed E-state index contributed by atoms with van der Waals surface area (Å²) in [6, 6.07) is 14.8. The normalized spacial score (nSPS) is 11.3. The van der Waals surface area contributed by atoms with Gasteiger partial charge < -0.3 is 4.98 Å². The molecule has 3 rings (SSSR count). The minimum absolute atomic E-state index is 0.531. The van der Waals surface area contributed by atoms with Gasteiger partial charge in [-0.3, -0.25) is 0 Å². The molecule has 1 nitrogen and oxygen atoms in total. The van der Waals surface area contributed by atoms with Crippen LogP contribution in [0.5, 0.6) is 0 Å². The van der Waals surface area contributed by atoms with Crippen LogP contribution in [-0.2, 0) is 5.88 Å². The molecule has 3 aromatic rings. The van der Waals surface area contributed by atoms with E-state index in [1.165, 1.54) is 16.2 Å². The lowest BCUT2D eigenvalue weighted by Crippen LogP contribution is -1.73. The van der Waals surface area contributed by atoms with Crippen molar-refractivity contribution in [1.82, 2.24) is 4.98 Å². The summed E-state index contributed by atoms with van der Waals surface area (Å²) in [5.41, 5.74) is 2.23. The van der Waals surface area contributed by atoms with Crippen LogP contribution in [0.3, 0.4) is 0 Å². The fourth-order valence-electron chi connectivity index (χ4n) is 2.02. The van der Waals surface area contributed by atoms with E-state index in [0.717, 1.165) is 11.2 Å². The molecule has 1 N–H and O–H groups in total. The maximum absolute atomic E-state index is 5.82. The van der Waals surface area contributed by atoms with Crippen LogP contribution >= 0.6 is 11.6 Å². The van der Waals surface area contributed by atoms with Gasteiger partial charge in [0.1, 0.15) is 0 Å². The van der Waals surface area contributed by atoms with Gasteiger partial charge in [-0.2, -0.15) is 0 Å². The molecule has 15 heavy (non-hydrogen) atoms. The molecule has 0 aliphatic heterocycles. The number of halogens is 1. The average molecular weight is 216 g/mol. The number of hydrogen-bond acceptors (Lipinski definition) is 0. The summed E-state index contributed by atoms with van der Waals surface area (Å²) in [6.07, 6.45) is 0. The third kappa shape index (κ3) is 1.31. The lowest BCUT2D eigenvalue weighted by molar-refractivity contribution is 1.26. The van der Waals surface area contributed by atoms with Gasteiger partial charge in [-0.15, -0.1) is 11.6 Å². The van der Waals surface area contributed by atoms with E-state index in [2.05, 4.69) is 47.4 Å². The van der Waals surface area contributed by atoms with Crippen molar-refractivity contribution in [3.63, 3.8) is 0 Å². The van der Waals surface area contributed by atoms with E-state index >= 15 is 0 Å². The van der Waals surface area contributed by atoms with Gasteiger partial charge >= 0.3 is 0 Å². The molecule has 2 aromatic carbocycles. The standard InChI is InChI=1S/C13H10ClN/c14-8-10-7-12-11-4-2-1-3-9(11)5-6-13(12)15-10/h1-7,15H,8H2. The Labute approximate surface area is 92.7 Å². The Hall–Kier alpha value is -1.47. The molecular formula is C13H10ClN. The third-order valence-electron chi connectivity index (χ3n) is 2.73. The molecule has 74 valence electrons. The van der Waals surface area contributed by atoms with Crippen LogP contribution in [-0.4, -0.2) is 4.98 Å². The number of aromatic amines is 1. The molecule has 1 heterocycles. The minimum Gasteiger partial charge on any atom is -0.357 e. The lowest BCUT2D eigenvalue weighted by atomic mass is 10.1. The Morgan fingerprint density at radius 1 is 1.00 bits per heavy atom. The van der Waals surface area contributed by atoms with E-state index < -0.39 is 0 Å². The maximum Gasteiger partial charge on any atom is 0.0625 e. The second-order valence-electron chi connectivity index (χ2n) is 3.68. The lowest BCUT2D eigenvalue weighted by Gasteiger charge is -1.97. The Bertz CT molecular complexity index is 625. The zero-order chi connectivity index (χ0) is 10.3. The van der Waals surface area contributed by atoms with Gasteiger partial charge in [-0.25, -0.2) is 0 Å². The average Bonchev–Trinajstić information content (AvgIpc) is 2.72. The number of H-pyrrole nitrogens is 1. The first-order valence-corrected chi connectivity index (χ1v) is 5.47. The highest BCUT2D eigenvalue weighted by Crippen LogP contribution is 2.26. The highest BCUT2D eigenvalue weighted by molar-refractivity contribution is 6.17. The predicted octanol–water partition coefficient (Wildman–Crippen LogP) is 4.06. The van der Waals surface area contributed by atoms with Crippen LogP contribution in [0.2, 0.25) is 0 Å². The second-order valence-corrected chi connectivity index (χ2v) is 3.94. The molecule has 0 spiro atoms. The maximum atomic E-state index is 5.82. The molecule has 0 fully saturated rings. The van der Waals surface area contributed by atoms with Crippen molar-refractivity contribution in [3.8, 4) is 0 Å². The molecule has 0 aliphatic carbocycles. The zero-order valence-corrected chi connectivity index (χ0v) is 8.88. The summed E-state index contributed by atoms with van der Waals surface area (Å²) in [5.74, 6) is 0.531. The van der Waals surface area contributed by atoms with E-state index in [1.54, 1.807) is 0 Å². The molecule has 0 atom stereocenters. The molecule has 2 heteroatoms. The van der Waals surface area contributed by atoms with Crippen LogP contribution in [0.25, 0.3) is 21.7 Å². The smallest absolute Gasteiger partial charge is 0.0625 e. The van der Waals surface area contributed by atoms with Gasteiger partial charge in [0.2, 0.25) is 0 Å². The summed E-state index contributed by atoms with van der Waals surface area (Å²) in [5, 5.41) is 3.80. The fraction of sp³-hybridized carbons (Fsp3) is 0.0769. The van der Waals surface area contributed by atoms with E-state index in [0.29, 0.717) is 5.88 Å². The topological polar surface area (TPSA) is 15.8 Å². The van der Waals surface area contributed by atoms with Gasteiger partial charge in [0.15, 0.2) is 0 Å². The number of benzene rings is 2. The van der Waals surface area contributed by atoms with Crippen molar-refractivity contribution in [2.75, 3.05) is 0 Å². The molecule has 0 saturated heterocycles. The molecule has 0 bridgehead atoms. The molecule has 0 radical (unpaired) electrons. The number of hydrogen-bond donors (Lipinski definition) is 1. The quantitative estimate of drug-likeness (QED) is 0.590. The number of fused-ring (bicyclic) bond motifs is 3. The summed E-state index contributed by atoms with van der Waals surface area (Å²) in [7, 11) is 0. The molecule has 0 unspecified atom stereocenters. The first kappa shape index (κ1) is 8.81. The number of alkyl halides is 1. The highest BCUT2D eigenvalue weighted by Gasteiger charge is 2.03. The number of aromatic nitrogens is 1. The SMILES string of the molecule is ClCc1cc2c(ccc3ccccc32)[nH]1. The Kier molecular flexibility index (Phi) is 1.93. The van der Waals surface area contributed by atoms with E-state index in [9.17, 15) is 0 Å². The monoisotopic (exact) mass is 215 g/mol. The van der Waals surface area contributed by atoms with Gasteiger partial charge in [-0.1, -0.05) is 30.3 Å². The van der Waals surface area contributed by atoms with Gasteiger partial charge in [0, 0.05) is 16.6 Å². The Morgan fingerprint density at radius 2 is 1.87 bits per heavy atom. The van der Waals surface area contributed by atoms with E-state index in [-0.39, 0.29) is 0 Å². The fourth-order valence-corrected chi connectivity index (χ4v) is 2.16. The third-order valence-corrected chi connectivity index (χ3v) is 3.02. The van der Waals surface area contributed by atoms with Crippen LogP contribution in [0.4, 0.5) is 0 Å². The van der Waals surface area contributed by atoms with Crippen LogP contribution < -0.4 is 0 Å². The summed E-state index contributed by atoms with van der Waals surface area (Å²) in [6.45, 7) is 0. The zero-order valence-electron chi connectivity index (χ0n) is 8.13.